The lowest BCUT2D eigenvalue weighted by Gasteiger charge is -1.88. The van der Waals surface area contributed by atoms with Crippen LogP contribution in [0.15, 0.2) is 28.7 Å². The Bertz CT molecular complexity index is 390. The van der Waals surface area contributed by atoms with Gasteiger partial charge < -0.3 is 4.42 Å². The molecule has 84 valence electrons. The highest BCUT2D eigenvalue weighted by molar-refractivity contribution is 6.35. The van der Waals surface area contributed by atoms with Crippen LogP contribution in [-0.2, 0) is 0 Å². The van der Waals surface area contributed by atoms with Crippen molar-refractivity contribution in [3.63, 3.8) is 0 Å². The summed E-state index contributed by atoms with van der Waals surface area (Å²) in [5.74, 6) is 0.896. The third-order valence-electron chi connectivity index (χ3n) is 1.63. The summed E-state index contributed by atoms with van der Waals surface area (Å²) in [4.78, 5) is 0. The van der Waals surface area contributed by atoms with Crippen molar-refractivity contribution in [1.82, 2.24) is 0 Å². The van der Waals surface area contributed by atoms with E-state index in [1.54, 1.807) is 0 Å². The second-order valence-electron chi connectivity index (χ2n) is 2.51. The lowest BCUT2D eigenvalue weighted by atomic mass is 10.2. The van der Waals surface area contributed by atoms with E-state index in [4.69, 9.17) is 16.0 Å². The molecule has 0 aliphatic carbocycles. The number of aryl methyl sites for hydroxylation is 1. The fraction of sp³-hybridized carbons (Fsp3) is 0.385. The van der Waals surface area contributed by atoms with Crippen LogP contribution in [0.4, 0.5) is 0 Å². The lowest BCUT2D eigenvalue weighted by Crippen LogP contribution is -1.63. The van der Waals surface area contributed by atoms with E-state index in [1.807, 2.05) is 58.9 Å². The Hall–Kier alpha value is -0.950. The molecule has 15 heavy (non-hydrogen) atoms. The van der Waals surface area contributed by atoms with E-state index in [1.165, 1.54) is 0 Å². The second kappa shape index (κ2) is 7.36. The first-order chi connectivity index (χ1) is 7.27. The zero-order valence-corrected chi connectivity index (χ0v) is 10.9. The molecule has 0 N–H and O–H groups in total. The van der Waals surface area contributed by atoms with Gasteiger partial charge in [0.1, 0.15) is 11.3 Å². The molecule has 0 saturated heterocycles. The quantitative estimate of drug-likeness (QED) is 0.583. The zero-order chi connectivity index (χ0) is 11.8. The van der Waals surface area contributed by atoms with Crippen LogP contribution in [-0.4, -0.2) is 0 Å². The van der Waals surface area contributed by atoms with Crippen LogP contribution in [0, 0.1) is 6.92 Å². The van der Waals surface area contributed by atoms with Crippen LogP contribution in [0.1, 0.15) is 33.5 Å². The Kier molecular flexibility index (Phi) is 6.89. The molecule has 1 aromatic carbocycles. The fourth-order valence-electron chi connectivity index (χ4n) is 1.15. The number of furan rings is 1. The van der Waals surface area contributed by atoms with Crippen molar-refractivity contribution >= 4 is 22.6 Å². The number of halogens is 1. The van der Waals surface area contributed by atoms with Gasteiger partial charge in [0.2, 0.25) is 0 Å². The van der Waals surface area contributed by atoms with Crippen molar-refractivity contribution in [2.75, 3.05) is 0 Å². The van der Waals surface area contributed by atoms with Gasteiger partial charge in [0, 0.05) is 5.39 Å². The Balaban J connectivity index is 0.000000442. The van der Waals surface area contributed by atoms with Gasteiger partial charge in [-0.15, -0.1) is 0 Å². The fourth-order valence-corrected chi connectivity index (χ4v) is 1.37. The van der Waals surface area contributed by atoms with E-state index in [9.17, 15) is 0 Å². The Morgan fingerprint density at radius 1 is 1.07 bits per heavy atom. The Labute approximate surface area is 97.0 Å². The van der Waals surface area contributed by atoms with Crippen LogP contribution in [0.25, 0.3) is 11.0 Å². The average Bonchev–Trinajstić information content (AvgIpc) is 2.66. The first kappa shape index (κ1) is 14.1. The van der Waals surface area contributed by atoms with Crippen molar-refractivity contribution in [3.8, 4) is 0 Å². The normalized spacial score (nSPS) is 8.67. The van der Waals surface area contributed by atoms with Crippen LogP contribution in [0.5, 0.6) is 0 Å². The van der Waals surface area contributed by atoms with Gasteiger partial charge in [-0.05, 0) is 25.1 Å². The van der Waals surface area contributed by atoms with Crippen molar-refractivity contribution < 1.29 is 4.42 Å². The van der Waals surface area contributed by atoms with Gasteiger partial charge in [-0.25, -0.2) is 0 Å². The molecule has 2 heteroatoms. The monoisotopic (exact) mass is 226 g/mol. The summed E-state index contributed by atoms with van der Waals surface area (Å²) in [5.41, 5.74) is 0.856. The molecule has 0 fully saturated rings. The van der Waals surface area contributed by atoms with Crippen molar-refractivity contribution in [3.05, 3.63) is 35.0 Å². The first-order valence-corrected chi connectivity index (χ1v) is 5.80. The van der Waals surface area contributed by atoms with E-state index in [2.05, 4.69) is 0 Å². The molecule has 2 rings (SSSR count). The van der Waals surface area contributed by atoms with Crippen molar-refractivity contribution in [1.29, 1.82) is 0 Å². The maximum atomic E-state index is 5.91. The molecule has 0 radical (unpaired) electrons. The highest BCUT2D eigenvalue weighted by atomic mass is 35.5. The SMILES string of the molecule is CC.CC.Cc1cc2c(Cl)cccc2o1. The van der Waals surface area contributed by atoms with E-state index >= 15 is 0 Å². The first-order valence-electron chi connectivity index (χ1n) is 5.42. The highest BCUT2D eigenvalue weighted by Gasteiger charge is 2.01. The van der Waals surface area contributed by atoms with Gasteiger partial charge in [-0.1, -0.05) is 45.4 Å². The molecule has 0 aliphatic rings. The van der Waals surface area contributed by atoms with Gasteiger partial charge in [0.05, 0.1) is 5.02 Å². The summed E-state index contributed by atoms with van der Waals surface area (Å²) in [5, 5.41) is 1.74. The van der Waals surface area contributed by atoms with E-state index in [0.29, 0.717) is 0 Å². The van der Waals surface area contributed by atoms with Gasteiger partial charge in [0.25, 0.3) is 0 Å². The predicted octanol–water partition coefficient (Wildman–Crippen LogP) is 5.45. The molecule has 0 saturated carbocycles. The number of rotatable bonds is 0. The molecule has 1 nitrogen and oxygen atoms in total. The van der Waals surface area contributed by atoms with E-state index < -0.39 is 0 Å². The van der Waals surface area contributed by atoms with Gasteiger partial charge in [-0.3, -0.25) is 0 Å². The van der Waals surface area contributed by atoms with E-state index in [-0.39, 0.29) is 0 Å². The maximum Gasteiger partial charge on any atom is 0.135 e. The van der Waals surface area contributed by atoms with Crippen LogP contribution in [0.2, 0.25) is 5.02 Å². The molecule has 0 aliphatic heterocycles. The highest BCUT2D eigenvalue weighted by Crippen LogP contribution is 2.25. The summed E-state index contributed by atoms with van der Waals surface area (Å²) >= 11 is 5.91. The zero-order valence-electron chi connectivity index (χ0n) is 10.1. The summed E-state index contributed by atoms with van der Waals surface area (Å²) < 4.78 is 5.36. The summed E-state index contributed by atoms with van der Waals surface area (Å²) in [6.45, 7) is 9.91. The molecule has 0 spiro atoms. The summed E-state index contributed by atoms with van der Waals surface area (Å²) in [6, 6.07) is 7.60. The molecule has 0 bridgehead atoms. The van der Waals surface area contributed by atoms with E-state index in [0.717, 1.165) is 21.8 Å². The van der Waals surface area contributed by atoms with Gasteiger partial charge in [-0.2, -0.15) is 0 Å². The average molecular weight is 227 g/mol. The molecule has 0 unspecified atom stereocenters. The van der Waals surface area contributed by atoms with Gasteiger partial charge in [0.15, 0.2) is 0 Å². The van der Waals surface area contributed by atoms with Crippen molar-refractivity contribution in [2.45, 2.75) is 34.6 Å². The minimum atomic E-state index is 0.749. The van der Waals surface area contributed by atoms with Crippen LogP contribution in [0.3, 0.4) is 0 Å². The maximum absolute atomic E-state index is 5.91. The second-order valence-corrected chi connectivity index (χ2v) is 2.92. The standard InChI is InChI=1S/C9H7ClO.2C2H6/c1-6-5-7-8(10)3-2-4-9(7)11-6;2*1-2/h2-5H,1H3;2*1-2H3. The third-order valence-corrected chi connectivity index (χ3v) is 1.96. The van der Waals surface area contributed by atoms with Gasteiger partial charge >= 0.3 is 0 Å². The minimum absolute atomic E-state index is 0.749. The Morgan fingerprint density at radius 2 is 1.67 bits per heavy atom. The lowest BCUT2D eigenvalue weighted by molar-refractivity contribution is 0.578. The number of benzene rings is 1. The molecule has 1 heterocycles. The molecular weight excluding hydrogens is 208 g/mol. The molecule has 0 atom stereocenters. The molecular formula is C13H19ClO. The molecule has 0 amide bonds. The third kappa shape index (κ3) is 3.60. The largest absolute Gasteiger partial charge is 0.461 e. The minimum Gasteiger partial charge on any atom is -0.461 e. The van der Waals surface area contributed by atoms with Crippen LogP contribution < -0.4 is 0 Å². The number of fused-ring (bicyclic) bond motifs is 1. The smallest absolute Gasteiger partial charge is 0.135 e. The number of hydrogen-bond acceptors (Lipinski definition) is 1. The predicted molar refractivity (Wildman–Crippen MR) is 68.7 cm³/mol. The molecule has 1 aromatic heterocycles. The number of hydrogen-bond donors (Lipinski definition) is 0. The summed E-state index contributed by atoms with van der Waals surface area (Å²) in [7, 11) is 0. The van der Waals surface area contributed by atoms with Crippen molar-refractivity contribution in [2.24, 2.45) is 0 Å². The topological polar surface area (TPSA) is 13.1 Å². The summed E-state index contributed by atoms with van der Waals surface area (Å²) in [6.07, 6.45) is 0. The van der Waals surface area contributed by atoms with Crippen LogP contribution >= 0.6 is 11.6 Å². The Morgan fingerprint density at radius 3 is 2.20 bits per heavy atom. The molecule has 2 aromatic rings.